The van der Waals surface area contributed by atoms with Crippen LogP contribution in [0.4, 0.5) is 0 Å². The van der Waals surface area contributed by atoms with Crippen LogP contribution in [0, 0.1) is 11.3 Å². The summed E-state index contributed by atoms with van der Waals surface area (Å²) in [7, 11) is 0. The highest BCUT2D eigenvalue weighted by molar-refractivity contribution is 5.54. The molecule has 0 bridgehead atoms. The van der Waals surface area contributed by atoms with Crippen molar-refractivity contribution in [3.05, 3.63) is 106 Å². The molecule has 0 aromatic heterocycles. The quantitative estimate of drug-likeness (QED) is 0.498. The third kappa shape index (κ3) is 2.01. The minimum Gasteiger partial charge on any atom is -0.192 e. The molecule has 0 saturated heterocycles. The predicted octanol–water partition coefficient (Wildman–Crippen LogP) is 4.64. The number of nitriles is 1. The smallest absolute Gasteiger partial charge is 0.0991 e. The van der Waals surface area contributed by atoms with Gasteiger partial charge in [0, 0.05) is 5.92 Å². The van der Waals surface area contributed by atoms with Gasteiger partial charge in [0.05, 0.1) is 11.6 Å². The highest BCUT2D eigenvalue weighted by atomic mass is 14.3. The van der Waals surface area contributed by atoms with Crippen LogP contribution in [0.15, 0.2) is 72.8 Å². The number of benzene rings is 3. The van der Waals surface area contributed by atoms with Crippen molar-refractivity contribution in [3.63, 3.8) is 0 Å². The molecule has 0 fully saturated rings. The van der Waals surface area contributed by atoms with Crippen molar-refractivity contribution in [3.8, 4) is 6.07 Å². The zero-order chi connectivity index (χ0) is 14.9. The molecule has 0 spiro atoms. The minimum absolute atomic E-state index is 0.258. The molecule has 22 heavy (non-hydrogen) atoms. The zero-order valence-corrected chi connectivity index (χ0v) is 12.2. The van der Waals surface area contributed by atoms with E-state index in [1.807, 2.05) is 12.1 Å². The van der Waals surface area contributed by atoms with Crippen molar-refractivity contribution in [2.75, 3.05) is 0 Å². The Morgan fingerprint density at radius 1 is 0.727 bits per heavy atom. The van der Waals surface area contributed by atoms with E-state index in [1.165, 1.54) is 27.8 Å². The normalized spacial score (nSPS) is 13.0. The van der Waals surface area contributed by atoms with Crippen LogP contribution in [0.2, 0.25) is 0 Å². The highest BCUT2D eigenvalue weighted by Gasteiger charge is 2.26. The molecule has 0 unspecified atom stereocenters. The molecular weight excluding hydrogens is 266 g/mol. The first kappa shape index (κ1) is 12.9. The van der Waals surface area contributed by atoms with Crippen LogP contribution >= 0.6 is 0 Å². The van der Waals surface area contributed by atoms with Gasteiger partial charge in [0.2, 0.25) is 0 Å². The van der Waals surface area contributed by atoms with Crippen molar-refractivity contribution in [2.45, 2.75) is 12.3 Å². The van der Waals surface area contributed by atoms with Crippen molar-refractivity contribution >= 4 is 0 Å². The fraction of sp³-hybridized carbons (Fsp3) is 0.0952. The molecule has 1 aliphatic rings. The minimum atomic E-state index is 0.258. The Balaban J connectivity index is 1.92. The van der Waals surface area contributed by atoms with E-state index >= 15 is 0 Å². The summed E-state index contributed by atoms with van der Waals surface area (Å²) in [5.74, 6) is 0.258. The standard InChI is InChI=1S/C21H15N/c22-14-15-9-11-16(12-10-15)21-19-7-3-1-5-17(19)13-18-6-2-4-8-20(18)21/h1-12,21H,13H2. The Hall–Kier alpha value is -2.85. The predicted molar refractivity (Wildman–Crippen MR) is 87.8 cm³/mol. The molecule has 1 aliphatic carbocycles. The van der Waals surface area contributed by atoms with Gasteiger partial charge in [0.25, 0.3) is 0 Å². The lowest BCUT2D eigenvalue weighted by molar-refractivity contribution is 0.885. The van der Waals surface area contributed by atoms with Gasteiger partial charge in [-0.3, -0.25) is 0 Å². The van der Waals surface area contributed by atoms with Crippen LogP contribution in [-0.2, 0) is 6.42 Å². The highest BCUT2D eigenvalue weighted by Crippen LogP contribution is 2.40. The van der Waals surface area contributed by atoms with Crippen molar-refractivity contribution in [2.24, 2.45) is 0 Å². The van der Waals surface area contributed by atoms with E-state index in [0.717, 1.165) is 6.42 Å². The van der Waals surface area contributed by atoms with E-state index in [1.54, 1.807) is 0 Å². The molecule has 0 heterocycles. The summed E-state index contributed by atoms with van der Waals surface area (Å²) in [4.78, 5) is 0. The van der Waals surface area contributed by atoms with E-state index < -0.39 is 0 Å². The molecule has 0 radical (unpaired) electrons. The van der Waals surface area contributed by atoms with Crippen LogP contribution in [-0.4, -0.2) is 0 Å². The van der Waals surface area contributed by atoms with E-state index in [0.29, 0.717) is 5.56 Å². The summed E-state index contributed by atoms with van der Waals surface area (Å²) in [6.07, 6.45) is 0.999. The first-order valence-corrected chi connectivity index (χ1v) is 7.52. The van der Waals surface area contributed by atoms with Crippen molar-refractivity contribution in [1.29, 1.82) is 5.26 Å². The molecule has 3 aromatic rings. The first-order valence-electron chi connectivity index (χ1n) is 7.52. The van der Waals surface area contributed by atoms with Gasteiger partial charge in [-0.1, -0.05) is 60.7 Å². The largest absolute Gasteiger partial charge is 0.192 e. The summed E-state index contributed by atoms with van der Waals surface area (Å²) in [5.41, 5.74) is 7.52. The van der Waals surface area contributed by atoms with Crippen LogP contribution in [0.5, 0.6) is 0 Å². The van der Waals surface area contributed by atoms with Crippen molar-refractivity contribution in [1.82, 2.24) is 0 Å². The second-order valence-corrected chi connectivity index (χ2v) is 5.74. The maximum Gasteiger partial charge on any atom is 0.0991 e. The molecule has 0 saturated carbocycles. The third-order valence-electron chi connectivity index (χ3n) is 4.49. The first-order chi connectivity index (χ1) is 10.9. The summed E-state index contributed by atoms with van der Waals surface area (Å²) < 4.78 is 0. The summed E-state index contributed by atoms with van der Waals surface area (Å²) >= 11 is 0. The van der Waals surface area contributed by atoms with Gasteiger partial charge in [-0.15, -0.1) is 0 Å². The molecular formula is C21H15N. The Morgan fingerprint density at radius 2 is 1.27 bits per heavy atom. The Morgan fingerprint density at radius 3 is 1.82 bits per heavy atom. The van der Waals surface area contributed by atoms with Gasteiger partial charge in [0.1, 0.15) is 0 Å². The molecule has 3 aromatic carbocycles. The zero-order valence-electron chi connectivity index (χ0n) is 12.2. The van der Waals surface area contributed by atoms with E-state index in [9.17, 15) is 0 Å². The van der Waals surface area contributed by atoms with Gasteiger partial charge in [-0.05, 0) is 46.4 Å². The fourth-order valence-corrected chi connectivity index (χ4v) is 3.44. The lowest BCUT2D eigenvalue weighted by Crippen LogP contribution is -2.14. The monoisotopic (exact) mass is 281 g/mol. The van der Waals surface area contributed by atoms with E-state index in [4.69, 9.17) is 5.26 Å². The van der Waals surface area contributed by atoms with Crippen LogP contribution in [0.1, 0.15) is 39.3 Å². The third-order valence-corrected chi connectivity index (χ3v) is 4.49. The van der Waals surface area contributed by atoms with E-state index in [2.05, 4.69) is 66.7 Å². The Bertz CT molecular complexity index is 823. The molecule has 1 nitrogen and oxygen atoms in total. The maximum absolute atomic E-state index is 9.00. The van der Waals surface area contributed by atoms with Crippen LogP contribution in [0.3, 0.4) is 0 Å². The van der Waals surface area contributed by atoms with E-state index in [-0.39, 0.29) is 5.92 Å². The topological polar surface area (TPSA) is 23.8 Å². The van der Waals surface area contributed by atoms with Gasteiger partial charge < -0.3 is 0 Å². The van der Waals surface area contributed by atoms with Gasteiger partial charge in [-0.25, -0.2) is 0 Å². The lowest BCUT2D eigenvalue weighted by atomic mass is 9.75. The molecule has 1 heteroatoms. The van der Waals surface area contributed by atoms with Gasteiger partial charge in [0.15, 0.2) is 0 Å². The SMILES string of the molecule is N#Cc1ccc(C2c3ccccc3Cc3ccccc32)cc1. The second-order valence-electron chi connectivity index (χ2n) is 5.74. The molecule has 104 valence electrons. The molecule has 0 atom stereocenters. The maximum atomic E-state index is 9.00. The average molecular weight is 281 g/mol. The molecule has 0 aliphatic heterocycles. The second kappa shape index (κ2) is 5.16. The number of hydrogen-bond acceptors (Lipinski definition) is 1. The summed E-state index contributed by atoms with van der Waals surface area (Å²) in [6.45, 7) is 0. The summed E-state index contributed by atoms with van der Waals surface area (Å²) in [5, 5.41) is 9.00. The number of fused-ring (bicyclic) bond motifs is 2. The Labute approximate surface area is 130 Å². The van der Waals surface area contributed by atoms with Gasteiger partial charge in [-0.2, -0.15) is 5.26 Å². The number of hydrogen-bond donors (Lipinski definition) is 0. The lowest BCUT2D eigenvalue weighted by Gasteiger charge is -2.29. The van der Waals surface area contributed by atoms with Crippen LogP contribution in [0.25, 0.3) is 0 Å². The average Bonchev–Trinajstić information content (AvgIpc) is 2.60. The summed E-state index contributed by atoms with van der Waals surface area (Å²) in [6, 6.07) is 27.6. The van der Waals surface area contributed by atoms with Crippen molar-refractivity contribution < 1.29 is 0 Å². The number of nitrogens with zero attached hydrogens (tertiary/aromatic N) is 1. The molecule has 4 rings (SSSR count). The Kier molecular flexibility index (Phi) is 3.02. The molecule has 0 amide bonds. The van der Waals surface area contributed by atoms with Crippen LogP contribution < -0.4 is 0 Å². The fourth-order valence-electron chi connectivity index (χ4n) is 3.44. The van der Waals surface area contributed by atoms with Gasteiger partial charge >= 0.3 is 0 Å². The molecule has 0 N–H and O–H groups in total. The number of rotatable bonds is 1.